The van der Waals surface area contributed by atoms with E-state index in [9.17, 15) is 10.1 Å². The molecule has 1 N–H and O–H groups in total. The van der Waals surface area contributed by atoms with Crippen LogP contribution >= 0.6 is 0 Å². The number of hydrogen-bond donors (Lipinski definition) is 1. The van der Waals surface area contributed by atoms with Crippen LogP contribution in [0.15, 0.2) is 22.6 Å². The Kier molecular flexibility index (Phi) is 3.42. The second-order valence-electron chi connectivity index (χ2n) is 4.82. The number of anilines is 1. The molecule has 0 fully saturated rings. The van der Waals surface area contributed by atoms with Gasteiger partial charge in [-0.3, -0.25) is 10.1 Å². The molecule has 19 heavy (non-hydrogen) atoms. The number of nitro benzene ring substituents is 1. The van der Waals surface area contributed by atoms with Gasteiger partial charge in [-0.1, -0.05) is 13.8 Å². The Morgan fingerprint density at radius 3 is 2.68 bits per heavy atom. The standard InChI is InChI=1S/C13H17N3O3/c1-4-13(3,5-2)15-12-14-10-7-6-9(16(17)18)8-11(10)19-12/h6-8H,4-5H2,1-3H3,(H,14,15). The Morgan fingerprint density at radius 1 is 1.42 bits per heavy atom. The van der Waals surface area contributed by atoms with E-state index in [0.29, 0.717) is 17.1 Å². The number of aromatic nitrogens is 1. The zero-order valence-electron chi connectivity index (χ0n) is 11.3. The van der Waals surface area contributed by atoms with E-state index in [1.54, 1.807) is 6.07 Å². The van der Waals surface area contributed by atoms with E-state index >= 15 is 0 Å². The van der Waals surface area contributed by atoms with Crippen molar-refractivity contribution in [3.63, 3.8) is 0 Å². The molecule has 0 radical (unpaired) electrons. The summed E-state index contributed by atoms with van der Waals surface area (Å²) in [7, 11) is 0. The zero-order chi connectivity index (χ0) is 14.0. The highest BCUT2D eigenvalue weighted by atomic mass is 16.6. The number of rotatable bonds is 5. The Labute approximate surface area is 111 Å². The van der Waals surface area contributed by atoms with Crippen LogP contribution < -0.4 is 5.32 Å². The molecule has 102 valence electrons. The van der Waals surface area contributed by atoms with Crippen LogP contribution in [0.3, 0.4) is 0 Å². The van der Waals surface area contributed by atoms with Crippen molar-refractivity contribution < 1.29 is 9.34 Å². The average molecular weight is 263 g/mol. The van der Waals surface area contributed by atoms with Crippen molar-refractivity contribution >= 4 is 22.8 Å². The lowest BCUT2D eigenvalue weighted by atomic mass is 9.96. The van der Waals surface area contributed by atoms with Crippen molar-refractivity contribution in [1.29, 1.82) is 0 Å². The third-order valence-corrected chi connectivity index (χ3v) is 3.55. The predicted octanol–water partition coefficient (Wildman–Crippen LogP) is 3.73. The monoisotopic (exact) mass is 263 g/mol. The third-order valence-electron chi connectivity index (χ3n) is 3.55. The van der Waals surface area contributed by atoms with E-state index < -0.39 is 4.92 Å². The zero-order valence-corrected chi connectivity index (χ0v) is 11.3. The molecule has 0 saturated heterocycles. The van der Waals surface area contributed by atoms with Crippen LogP contribution in [0, 0.1) is 10.1 Å². The fourth-order valence-electron chi connectivity index (χ4n) is 1.77. The van der Waals surface area contributed by atoms with Crippen LogP contribution in [0.2, 0.25) is 0 Å². The van der Waals surface area contributed by atoms with Crippen LogP contribution in [0.1, 0.15) is 33.6 Å². The minimum absolute atomic E-state index is 0.00365. The predicted molar refractivity (Wildman–Crippen MR) is 73.3 cm³/mol. The van der Waals surface area contributed by atoms with Gasteiger partial charge >= 0.3 is 0 Å². The summed E-state index contributed by atoms with van der Waals surface area (Å²) in [6, 6.07) is 4.81. The van der Waals surface area contributed by atoms with Crippen LogP contribution in [-0.2, 0) is 0 Å². The first-order chi connectivity index (χ1) is 8.97. The van der Waals surface area contributed by atoms with Gasteiger partial charge in [0.15, 0.2) is 5.58 Å². The minimum atomic E-state index is -0.447. The van der Waals surface area contributed by atoms with Gasteiger partial charge in [0, 0.05) is 11.6 Å². The van der Waals surface area contributed by atoms with E-state index in [0.717, 1.165) is 12.8 Å². The first-order valence-corrected chi connectivity index (χ1v) is 6.30. The number of benzene rings is 1. The van der Waals surface area contributed by atoms with Crippen LogP contribution in [0.5, 0.6) is 0 Å². The summed E-state index contributed by atoms with van der Waals surface area (Å²) in [5.74, 6) is 0. The maximum Gasteiger partial charge on any atom is 0.296 e. The van der Waals surface area contributed by atoms with E-state index in [1.165, 1.54) is 12.1 Å². The highest BCUT2D eigenvalue weighted by Gasteiger charge is 2.22. The first-order valence-electron chi connectivity index (χ1n) is 6.30. The van der Waals surface area contributed by atoms with Crippen molar-refractivity contribution in [2.75, 3.05) is 5.32 Å². The molecule has 0 spiro atoms. The van der Waals surface area contributed by atoms with Crippen molar-refractivity contribution in [2.24, 2.45) is 0 Å². The number of nitrogens with one attached hydrogen (secondary N) is 1. The van der Waals surface area contributed by atoms with E-state index in [4.69, 9.17) is 4.42 Å². The number of nitrogens with zero attached hydrogens (tertiary/aromatic N) is 2. The van der Waals surface area contributed by atoms with Crippen LogP contribution in [-0.4, -0.2) is 15.4 Å². The second-order valence-corrected chi connectivity index (χ2v) is 4.82. The molecule has 0 aliphatic carbocycles. The quantitative estimate of drug-likeness (QED) is 0.656. The topological polar surface area (TPSA) is 81.2 Å². The molecular weight excluding hydrogens is 246 g/mol. The molecule has 2 rings (SSSR count). The molecule has 2 aromatic rings. The fraction of sp³-hybridized carbons (Fsp3) is 0.462. The molecule has 0 bridgehead atoms. The highest BCUT2D eigenvalue weighted by Crippen LogP contribution is 2.27. The van der Waals surface area contributed by atoms with Gasteiger partial charge in [0.05, 0.1) is 11.0 Å². The Balaban J connectivity index is 2.34. The van der Waals surface area contributed by atoms with Crippen molar-refractivity contribution in [3.8, 4) is 0 Å². The van der Waals surface area contributed by atoms with Gasteiger partial charge in [-0.05, 0) is 25.8 Å². The molecule has 1 heterocycles. The highest BCUT2D eigenvalue weighted by molar-refractivity contribution is 5.77. The molecule has 1 aromatic heterocycles. The summed E-state index contributed by atoms with van der Waals surface area (Å²) in [4.78, 5) is 14.5. The van der Waals surface area contributed by atoms with E-state index in [2.05, 4.69) is 31.1 Å². The number of nitro groups is 1. The lowest BCUT2D eigenvalue weighted by Crippen LogP contribution is -2.33. The lowest BCUT2D eigenvalue weighted by Gasteiger charge is -2.26. The Hall–Kier alpha value is -2.11. The molecule has 0 saturated carbocycles. The number of fused-ring (bicyclic) bond motifs is 1. The molecular formula is C13H17N3O3. The Bertz CT molecular complexity index is 602. The summed E-state index contributed by atoms with van der Waals surface area (Å²) in [5.41, 5.74) is 0.949. The first kappa shape index (κ1) is 13.3. The number of non-ortho nitro benzene ring substituents is 1. The third kappa shape index (κ3) is 2.67. The largest absolute Gasteiger partial charge is 0.423 e. The van der Waals surface area contributed by atoms with Gasteiger partial charge in [0.2, 0.25) is 0 Å². The molecule has 0 aliphatic rings. The normalized spacial score (nSPS) is 11.7. The molecule has 6 nitrogen and oxygen atoms in total. The van der Waals surface area contributed by atoms with E-state index in [1.807, 2.05) is 0 Å². The maximum atomic E-state index is 10.7. The van der Waals surface area contributed by atoms with Gasteiger partial charge in [-0.25, -0.2) is 0 Å². The molecule has 0 unspecified atom stereocenters. The summed E-state index contributed by atoms with van der Waals surface area (Å²) in [6.45, 7) is 6.26. The van der Waals surface area contributed by atoms with E-state index in [-0.39, 0.29) is 11.2 Å². The molecule has 0 atom stereocenters. The Morgan fingerprint density at radius 2 is 2.11 bits per heavy atom. The van der Waals surface area contributed by atoms with Crippen LogP contribution in [0.25, 0.3) is 11.1 Å². The average Bonchev–Trinajstić information content (AvgIpc) is 2.79. The van der Waals surface area contributed by atoms with Crippen molar-refractivity contribution in [3.05, 3.63) is 28.3 Å². The summed E-state index contributed by atoms with van der Waals surface area (Å²) in [6.07, 6.45) is 1.87. The van der Waals surface area contributed by atoms with Crippen LogP contribution in [0.4, 0.5) is 11.7 Å². The summed E-state index contributed by atoms with van der Waals surface area (Å²) in [5, 5.41) is 13.9. The molecule has 6 heteroatoms. The number of hydrogen-bond acceptors (Lipinski definition) is 5. The van der Waals surface area contributed by atoms with Crippen molar-refractivity contribution in [1.82, 2.24) is 4.98 Å². The summed E-state index contributed by atoms with van der Waals surface area (Å²) < 4.78 is 5.53. The van der Waals surface area contributed by atoms with Gasteiger partial charge in [-0.2, -0.15) is 4.98 Å². The summed E-state index contributed by atoms with van der Waals surface area (Å²) >= 11 is 0. The lowest BCUT2D eigenvalue weighted by molar-refractivity contribution is -0.384. The van der Waals surface area contributed by atoms with Gasteiger partial charge < -0.3 is 9.73 Å². The van der Waals surface area contributed by atoms with Gasteiger partial charge in [0.1, 0.15) is 5.52 Å². The molecule has 0 amide bonds. The number of oxazole rings is 1. The smallest absolute Gasteiger partial charge is 0.296 e. The minimum Gasteiger partial charge on any atom is -0.423 e. The SMILES string of the molecule is CCC(C)(CC)Nc1nc2ccc([N+](=O)[O-])cc2o1. The maximum absolute atomic E-state index is 10.7. The molecule has 1 aromatic carbocycles. The molecule has 0 aliphatic heterocycles. The van der Waals surface area contributed by atoms with Crippen molar-refractivity contribution in [2.45, 2.75) is 39.2 Å². The second kappa shape index (κ2) is 4.87. The van der Waals surface area contributed by atoms with Gasteiger partial charge in [0.25, 0.3) is 11.7 Å². The van der Waals surface area contributed by atoms with Gasteiger partial charge in [-0.15, -0.1) is 0 Å². The fourth-order valence-corrected chi connectivity index (χ4v) is 1.77.